The highest BCUT2D eigenvalue weighted by molar-refractivity contribution is 9.10. The summed E-state index contributed by atoms with van der Waals surface area (Å²) < 4.78 is 0.766. The van der Waals surface area contributed by atoms with Gasteiger partial charge in [0.1, 0.15) is 5.54 Å². The van der Waals surface area contributed by atoms with Crippen LogP contribution in [0, 0.1) is 11.8 Å². The molecule has 200 valence electrons. The van der Waals surface area contributed by atoms with Gasteiger partial charge >= 0.3 is 0 Å². The maximum Gasteiger partial charge on any atom is 0.250 e. The van der Waals surface area contributed by atoms with Gasteiger partial charge < -0.3 is 15.6 Å². The van der Waals surface area contributed by atoms with Crippen molar-refractivity contribution in [3.8, 4) is 0 Å². The predicted octanol–water partition coefficient (Wildman–Crippen LogP) is 4.06. The number of nitrogens with zero attached hydrogens (tertiary/aromatic N) is 1. The van der Waals surface area contributed by atoms with Crippen LogP contribution in [-0.2, 0) is 31.1 Å². The first-order chi connectivity index (χ1) is 19.3. The summed E-state index contributed by atoms with van der Waals surface area (Å²) in [7, 11) is 0. The van der Waals surface area contributed by atoms with E-state index in [9.17, 15) is 19.2 Å². The molecule has 2 fully saturated rings. The Morgan fingerprint density at radius 1 is 1.02 bits per heavy atom. The molecule has 1 spiro atoms. The number of carbonyl (C=O) groups is 4. The van der Waals surface area contributed by atoms with E-state index in [2.05, 4.69) is 36.9 Å². The van der Waals surface area contributed by atoms with Crippen molar-refractivity contribution in [3.05, 3.63) is 88.5 Å². The van der Waals surface area contributed by atoms with Crippen molar-refractivity contribution < 1.29 is 19.2 Å². The topological polar surface area (TPSA) is 123 Å². The second kappa shape index (κ2) is 8.87. The summed E-state index contributed by atoms with van der Waals surface area (Å²) in [5.74, 6) is -3.07. The average molecular weight is 598 g/mol. The average Bonchev–Trinajstić information content (AvgIpc) is 3.64. The summed E-state index contributed by atoms with van der Waals surface area (Å²) in [4.78, 5) is 58.1. The molecule has 0 bridgehead atoms. The number of carbonyl (C=O) groups excluding carboxylic acids is 4. The molecule has 10 heteroatoms. The van der Waals surface area contributed by atoms with Gasteiger partial charge in [0.15, 0.2) is 0 Å². The summed E-state index contributed by atoms with van der Waals surface area (Å²) in [5.41, 5.74) is 2.78. The third-order valence-electron chi connectivity index (χ3n) is 8.24. The molecule has 3 aromatic carbocycles. The summed E-state index contributed by atoms with van der Waals surface area (Å²) >= 11 is 3.51. The van der Waals surface area contributed by atoms with Gasteiger partial charge in [0, 0.05) is 51.5 Å². The Kier molecular flexibility index (Phi) is 5.48. The largest absolute Gasteiger partial charge is 0.361 e. The Morgan fingerprint density at radius 3 is 2.58 bits per heavy atom. The molecule has 0 saturated carbocycles. The maximum absolute atomic E-state index is 14.2. The van der Waals surface area contributed by atoms with Gasteiger partial charge in [0.2, 0.25) is 23.6 Å². The molecule has 3 aliphatic heterocycles. The van der Waals surface area contributed by atoms with Crippen molar-refractivity contribution in [3.63, 3.8) is 0 Å². The number of imide groups is 1. The predicted molar refractivity (Wildman–Crippen MR) is 154 cm³/mol. The zero-order chi connectivity index (χ0) is 27.8. The second-order valence-electron chi connectivity index (χ2n) is 10.5. The highest BCUT2D eigenvalue weighted by atomic mass is 79.9. The lowest BCUT2D eigenvalue weighted by atomic mass is 9.76. The number of aromatic amines is 1. The Balaban J connectivity index is 1.34. The van der Waals surface area contributed by atoms with E-state index in [1.54, 1.807) is 30.3 Å². The first-order valence-corrected chi connectivity index (χ1v) is 13.8. The minimum absolute atomic E-state index is 0.221. The van der Waals surface area contributed by atoms with Gasteiger partial charge in [-0.15, -0.1) is 0 Å². The van der Waals surface area contributed by atoms with Crippen LogP contribution in [0.25, 0.3) is 10.9 Å². The highest BCUT2D eigenvalue weighted by Gasteiger charge is 2.70. The van der Waals surface area contributed by atoms with E-state index in [4.69, 9.17) is 0 Å². The van der Waals surface area contributed by atoms with Crippen LogP contribution in [0.5, 0.6) is 0 Å². The van der Waals surface area contributed by atoms with Gasteiger partial charge in [-0.3, -0.25) is 24.5 Å². The summed E-state index contributed by atoms with van der Waals surface area (Å²) in [5, 5.41) is 10.2. The fourth-order valence-electron chi connectivity index (χ4n) is 6.64. The minimum atomic E-state index is -1.40. The van der Waals surface area contributed by atoms with E-state index in [1.807, 2.05) is 42.6 Å². The van der Waals surface area contributed by atoms with Crippen molar-refractivity contribution in [2.45, 2.75) is 24.9 Å². The van der Waals surface area contributed by atoms with E-state index in [0.717, 1.165) is 20.9 Å². The molecular weight excluding hydrogens is 574 g/mol. The molecule has 4 aromatic rings. The van der Waals surface area contributed by atoms with Crippen molar-refractivity contribution in [2.24, 2.45) is 11.8 Å². The smallest absolute Gasteiger partial charge is 0.250 e. The monoisotopic (exact) mass is 597 g/mol. The van der Waals surface area contributed by atoms with E-state index >= 15 is 0 Å². The molecule has 1 aromatic heterocycles. The molecule has 40 heavy (non-hydrogen) atoms. The number of aromatic nitrogens is 1. The Bertz CT molecular complexity index is 1750. The Hall–Kier alpha value is -4.28. The van der Waals surface area contributed by atoms with Crippen molar-refractivity contribution >= 4 is 67.5 Å². The molecule has 7 rings (SSSR count). The zero-order valence-corrected chi connectivity index (χ0v) is 22.9. The number of hydrogen-bond donors (Lipinski definition) is 4. The van der Waals surface area contributed by atoms with Gasteiger partial charge in [-0.05, 0) is 60.5 Å². The number of halogens is 1. The van der Waals surface area contributed by atoms with Crippen LogP contribution < -0.4 is 20.9 Å². The van der Waals surface area contributed by atoms with Crippen molar-refractivity contribution in [2.75, 3.05) is 15.5 Å². The van der Waals surface area contributed by atoms with Crippen LogP contribution in [0.15, 0.2) is 77.4 Å². The van der Waals surface area contributed by atoms with Crippen molar-refractivity contribution in [1.29, 1.82) is 0 Å². The minimum Gasteiger partial charge on any atom is -0.361 e. The zero-order valence-electron chi connectivity index (χ0n) is 21.3. The fraction of sp³-hybridized carbons (Fsp3) is 0.200. The molecule has 4 N–H and O–H groups in total. The van der Waals surface area contributed by atoms with Gasteiger partial charge in [0.05, 0.1) is 17.5 Å². The number of anilines is 3. The molecule has 9 nitrogen and oxygen atoms in total. The number of nitrogens with one attached hydrogen (secondary N) is 4. The maximum atomic E-state index is 14.2. The highest BCUT2D eigenvalue weighted by Crippen LogP contribution is 2.54. The molecule has 4 heterocycles. The number of rotatable bonds is 4. The quantitative estimate of drug-likeness (QED) is 0.264. The van der Waals surface area contributed by atoms with Gasteiger partial charge in [-0.2, -0.15) is 0 Å². The van der Waals surface area contributed by atoms with E-state index in [0.29, 0.717) is 29.0 Å². The lowest BCUT2D eigenvalue weighted by molar-refractivity contribution is -0.130. The lowest BCUT2D eigenvalue weighted by Crippen LogP contribution is -2.53. The van der Waals surface area contributed by atoms with E-state index in [1.165, 1.54) is 11.8 Å². The van der Waals surface area contributed by atoms with E-state index in [-0.39, 0.29) is 17.7 Å². The van der Waals surface area contributed by atoms with Crippen LogP contribution in [0.1, 0.15) is 18.1 Å². The second-order valence-corrected chi connectivity index (χ2v) is 11.4. The SMILES string of the molecule is CC(=O)Nc1ccc(N2C(=O)[C@@H]3[C@H](Cc4c[nH]c5ccccc45)N[C@@]4(C(=O)Nc5ccc(Br)cc54)[C@@H]3C2=O)cc1. The van der Waals surface area contributed by atoms with E-state index < -0.39 is 29.3 Å². The Labute approximate surface area is 237 Å². The number of amides is 4. The van der Waals surface area contributed by atoms with Gasteiger partial charge in [0.25, 0.3) is 0 Å². The number of para-hydroxylation sites is 1. The first-order valence-electron chi connectivity index (χ1n) is 13.0. The molecule has 0 aliphatic carbocycles. The first kappa shape index (κ1) is 24.7. The molecule has 4 amide bonds. The molecule has 0 unspecified atom stereocenters. The summed E-state index contributed by atoms with van der Waals surface area (Å²) in [6, 6.07) is 19.5. The third-order valence-corrected chi connectivity index (χ3v) is 8.73. The summed E-state index contributed by atoms with van der Waals surface area (Å²) in [6.45, 7) is 1.41. The Morgan fingerprint density at radius 2 is 1.80 bits per heavy atom. The van der Waals surface area contributed by atoms with Gasteiger partial charge in [-0.1, -0.05) is 34.1 Å². The number of fused-ring (bicyclic) bond motifs is 5. The normalized spacial score (nSPS) is 25.0. The molecular formula is C30H24BrN5O4. The van der Waals surface area contributed by atoms with Crippen LogP contribution in [-0.4, -0.2) is 34.7 Å². The van der Waals surface area contributed by atoms with Crippen LogP contribution >= 0.6 is 15.9 Å². The molecule has 0 radical (unpaired) electrons. The standard InChI is InChI=1S/C30H24BrN5O4/c1-15(37)33-18-7-9-19(10-8-18)36-27(38)25-24(12-16-14-32-22-5-3-2-4-20(16)22)35-30(26(25)28(36)39)21-13-17(31)6-11-23(21)34-29(30)40/h2-11,13-14,24-26,32,35H,12H2,1H3,(H,33,37)(H,34,40)/t24-,25+,26-,30+/m0/s1. The summed E-state index contributed by atoms with van der Waals surface area (Å²) in [6.07, 6.45) is 2.36. The number of hydrogen-bond acceptors (Lipinski definition) is 5. The van der Waals surface area contributed by atoms with Crippen LogP contribution in [0.3, 0.4) is 0 Å². The fourth-order valence-corrected chi connectivity index (χ4v) is 7.00. The lowest BCUT2D eigenvalue weighted by Gasteiger charge is -2.29. The third kappa shape index (κ3) is 3.49. The van der Waals surface area contributed by atoms with Crippen LogP contribution in [0.4, 0.5) is 17.1 Å². The molecule has 4 atom stereocenters. The molecule has 2 saturated heterocycles. The van der Waals surface area contributed by atoms with Crippen LogP contribution in [0.2, 0.25) is 0 Å². The van der Waals surface area contributed by atoms with Gasteiger partial charge in [-0.25, -0.2) is 4.90 Å². The number of benzene rings is 3. The number of H-pyrrole nitrogens is 1. The molecule has 3 aliphatic rings. The van der Waals surface area contributed by atoms with Crippen molar-refractivity contribution in [1.82, 2.24) is 10.3 Å².